The summed E-state index contributed by atoms with van der Waals surface area (Å²) in [4.78, 5) is 24.3. The summed E-state index contributed by atoms with van der Waals surface area (Å²) in [6, 6.07) is 11.1. The SMILES string of the molecule is C.Cc1ccc(F)cc1C(=O)NCc1ccc(-n2nc(C3CCCC3)c(N)c2C(=O)O)cc1. The molecule has 4 N–H and O–H groups in total. The fourth-order valence-electron chi connectivity index (χ4n) is 4.21. The van der Waals surface area contributed by atoms with Crippen LogP contribution in [0.15, 0.2) is 42.5 Å². The fraction of sp³-hybridized carbons (Fsp3) is 0.320. The zero-order valence-electron chi connectivity index (χ0n) is 17.8. The second kappa shape index (κ2) is 9.85. The van der Waals surface area contributed by atoms with Gasteiger partial charge in [0.1, 0.15) is 5.82 Å². The van der Waals surface area contributed by atoms with Crippen molar-refractivity contribution in [2.75, 3.05) is 5.73 Å². The number of carboxylic acids is 1. The quantitative estimate of drug-likeness (QED) is 0.496. The van der Waals surface area contributed by atoms with Gasteiger partial charge in [-0.15, -0.1) is 0 Å². The van der Waals surface area contributed by atoms with E-state index in [0.29, 0.717) is 22.5 Å². The number of aromatic nitrogens is 2. The van der Waals surface area contributed by atoms with Crippen molar-refractivity contribution >= 4 is 17.6 Å². The van der Waals surface area contributed by atoms with Crippen molar-refractivity contribution in [3.05, 3.63) is 76.4 Å². The predicted octanol–water partition coefficient (Wildman–Crippen LogP) is 4.82. The number of halogens is 1. The number of aromatic carboxylic acids is 1. The maximum absolute atomic E-state index is 13.5. The van der Waals surface area contributed by atoms with Gasteiger partial charge in [-0.3, -0.25) is 4.79 Å². The number of nitrogens with one attached hydrogen (secondary N) is 1. The minimum absolute atomic E-state index is 0. The minimum Gasteiger partial charge on any atom is -0.476 e. The molecule has 174 valence electrons. The summed E-state index contributed by atoms with van der Waals surface area (Å²) in [5, 5.41) is 17.0. The Morgan fingerprint density at radius 3 is 2.48 bits per heavy atom. The number of nitrogens with two attached hydrogens (primary N) is 1. The molecule has 7 nitrogen and oxygen atoms in total. The fourth-order valence-corrected chi connectivity index (χ4v) is 4.21. The van der Waals surface area contributed by atoms with Gasteiger partial charge < -0.3 is 16.2 Å². The van der Waals surface area contributed by atoms with Gasteiger partial charge in [0.15, 0.2) is 5.69 Å². The van der Waals surface area contributed by atoms with E-state index in [1.807, 2.05) is 0 Å². The van der Waals surface area contributed by atoms with Gasteiger partial charge in [0.25, 0.3) is 5.91 Å². The number of nitrogens with zero attached hydrogens (tertiary/aromatic N) is 2. The van der Waals surface area contributed by atoms with Crippen LogP contribution < -0.4 is 11.1 Å². The zero-order valence-corrected chi connectivity index (χ0v) is 17.8. The molecule has 1 aliphatic carbocycles. The normalized spacial score (nSPS) is 13.5. The maximum atomic E-state index is 13.5. The molecule has 3 aromatic rings. The molecule has 1 heterocycles. The molecule has 1 aromatic heterocycles. The van der Waals surface area contributed by atoms with E-state index in [-0.39, 0.29) is 37.2 Å². The first-order chi connectivity index (χ1) is 15.3. The maximum Gasteiger partial charge on any atom is 0.356 e. The van der Waals surface area contributed by atoms with Crippen LogP contribution in [-0.2, 0) is 6.54 Å². The molecule has 33 heavy (non-hydrogen) atoms. The number of hydrogen-bond acceptors (Lipinski definition) is 4. The Morgan fingerprint density at radius 2 is 1.85 bits per heavy atom. The van der Waals surface area contributed by atoms with E-state index >= 15 is 0 Å². The number of rotatable bonds is 6. The number of aryl methyl sites for hydroxylation is 1. The lowest BCUT2D eigenvalue weighted by atomic mass is 10.0. The van der Waals surface area contributed by atoms with Crippen molar-refractivity contribution in [3.8, 4) is 5.69 Å². The number of benzene rings is 2. The van der Waals surface area contributed by atoms with E-state index in [4.69, 9.17) is 5.73 Å². The number of carbonyl (C=O) groups excluding carboxylic acids is 1. The lowest BCUT2D eigenvalue weighted by molar-refractivity contribution is 0.0688. The number of hydrogen-bond donors (Lipinski definition) is 3. The molecule has 1 amide bonds. The zero-order chi connectivity index (χ0) is 22.8. The van der Waals surface area contributed by atoms with Crippen LogP contribution in [0.2, 0.25) is 0 Å². The Bertz CT molecular complexity index is 1170. The van der Waals surface area contributed by atoms with Crippen LogP contribution in [0.1, 0.15) is 76.7 Å². The average molecular weight is 453 g/mol. The molecule has 0 atom stereocenters. The standard InChI is InChI=1S/C24H25FN4O3.CH4/c1-14-6-9-17(25)12-19(14)23(30)27-13-15-7-10-18(11-8-15)29-22(24(31)32)20(26)21(28-29)16-4-2-3-5-16;/h6-12,16H,2-5,13,26H2,1H3,(H,27,30)(H,31,32);1H4. The van der Waals surface area contributed by atoms with E-state index in [9.17, 15) is 19.1 Å². The van der Waals surface area contributed by atoms with Gasteiger partial charge in [0, 0.05) is 18.0 Å². The molecule has 0 aliphatic heterocycles. The van der Waals surface area contributed by atoms with E-state index in [0.717, 1.165) is 31.2 Å². The Labute approximate surface area is 192 Å². The van der Waals surface area contributed by atoms with Gasteiger partial charge in [-0.25, -0.2) is 13.9 Å². The van der Waals surface area contributed by atoms with E-state index in [2.05, 4.69) is 10.4 Å². The number of carbonyl (C=O) groups is 2. The number of anilines is 1. The molecule has 0 radical (unpaired) electrons. The highest BCUT2D eigenvalue weighted by atomic mass is 19.1. The van der Waals surface area contributed by atoms with Crippen LogP contribution in [-0.4, -0.2) is 26.8 Å². The van der Waals surface area contributed by atoms with Crippen LogP contribution in [0.25, 0.3) is 5.69 Å². The minimum atomic E-state index is -1.12. The number of carboxylic acid groups (broad SMARTS) is 1. The largest absolute Gasteiger partial charge is 0.476 e. The molecular weight excluding hydrogens is 423 g/mol. The highest BCUT2D eigenvalue weighted by Gasteiger charge is 2.28. The summed E-state index contributed by atoms with van der Waals surface area (Å²) in [5.41, 5.74) is 9.39. The summed E-state index contributed by atoms with van der Waals surface area (Å²) in [7, 11) is 0. The predicted molar refractivity (Wildman–Crippen MR) is 125 cm³/mol. The van der Waals surface area contributed by atoms with Crippen LogP contribution in [0, 0.1) is 12.7 Å². The summed E-state index contributed by atoms with van der Waals surface area (Å²) in [6.07, 6.45) is 4.11. The van der Waals surface area contributed by atoms with Gasteiger partial charge in [0.2, 0.25) is 0 Å². The lowest BCUT2D eigenvalue weighted by Gasteiger charge is -2.09. The highest BCUT2D eigenvalue weighted by molar-refractivity contribution is 5.95. The van der Waals surface area contributed by atoms with Crippen molar-refractivity contribution in [3.63, 3.8) is 0 Å². The van der Waals surface area contributed by atoms with Gasteiger partial charge >= 0.3 is 5.97 Å². The molecule has 1 aliphatic rings. The summed E-state index contributed by atoms with van der Waals surface area (Å²) >= 11 is 0. The topological polar surface area (TPSA) is 110 Å². The van der Waals surface area contributed by atoms with E-state index in [1.54, 1.807) is 37.3 Å². The average Bonchev–Trinajstić information content (AvgIpc) is 3.42. The second-order valence-corrected chi connectivity index (χ2v) is 8.15. The Balaban J connectivity index is 0.00000306. The smallest absolute Gasteiger partial charge is 0.356 e. The molecular formula is C25H29FN4O3. The van der Waals surface area contributed by atoms with Gasteiger partial charge in [0.05, 0.1) is 17.1 Å². The van der Waals surface area contributed by atoms with E-state index in [1.165, 1.54) is 16.8 Å². The lowest BCUT2D eigenvalue weighted by Crippen LogP contribution is -2.23. The highest BCUT2D eigenvalue weighted by Crippen LogP contribution is 2.38. The van der Waals surface area contributed by atoms with Crippen molar-refractivity contribution in [2.24, 2.45) is 0 Å². The van der Waals surface area contributed by atoms with Gasteiger partial charge in [-0.1, -0.05) is 38.5 Å². The van der Waals surface area contributed by atoms with Crippen molar-refractivity contribution in [2.45, 2.75) is 52.5 Å². The molecule has 2 aromatic carbocycles. The first-order valence-corrected chi connectivity index (χ1v) is 10.6. The molecule has 4 rings (SSSR count). The van der Waals surface area contributed by atoms with Gasteiger partial charge in [-0.2, -0.15) is 5.10 Å². The Morgan fingerprint density at radius 1 is 1.18 bits per heavy atom. The monoisotopic (exact) mass is 452 g/mol. The van der Waals surface area contributed by atoms with Crippen molar-refractivity contribution in [1.29, 1.82) is 0 Å². The number of amides is 1. The number of nitrogen functional groups attached to an aromatic ring is 1. The van der Waals surface area contributed by atoms with E-state index < -0.39 is 11.8 Å². The molecule has 0 unspecified atom stereocenters. The molecule has 0 spiro atoms. The third kappa shape index (κ3) is 4.89. The van der Waals surface area contributed by atoms with Crippen LogP contribution in [0.4, 0.5) is 10.1 Å². The van der Waals surface area contributed by atoms with Crippen molar-refractivity contribution < 1.29 is 19.1 Å². The van der Waals surface area contributed by atoms with Crippen LogP contribution in [0.5, 0.6) is 0 Å². The molecule has 0 saturated heterocycles. The van der Waals surface area contributed by atoms with Crippen LogP contribution in [0.3, 0.4) is 0 Å². The van der Waals surface area contributed by atoms with Crippen LogP contribution >= 0.6 is 0 Å². The summed E-state index contributed by atoms with van der Waals surface area (Å²) in [6.45, 7) is 1.99. The molecule has 8 heteroatoms. The third-order valence-corrected chi connectivity index (χ3v) is 5.97. The molecule has 1 saturated carbocycles. The second-order valence-electron chi connectivity index (χ2n) is 8.15. The summed E-state index contributed by atoms with van der Waals surface area (Å²) in [5.74, 6) is -1.76. The molecule has 0 bridgehead atoms. The third-order valence-electron chi connectivity index (χ3n) is 5.97. The molecule has 1 fully saturated rings. The summed E-state index contributed by atoms with van der Waals surface area (Å²) < 4.78 is 14.8. The Kier molecular flexibility index (Phi) is 7.16. The first kappa shape index (κ1) is 24.0. The Hall–Kier alpha value is -3.68. The van der Waals surface area contributed by atoms with Gasteiger partial charge in [-0.05, 0) is 55.2 Å². The van der Waals surface area contributed by atoms with Crippen molar-refractivity contribution in [1.82, 2.24) is 15.1 Å². The first-order valence-electron chi connectivity index (χ1n) is 10.6.